The van der Waals surface area contributed by atoms with Gasteiger partial charge in [0.15, 0.2) is 0 Å². The highest BCUT2D eigenvalue weighted by atomic mass is 16.3. The molecule has 2 aliphatic heterocycles. The van der Waals surface area contributed by atoms with Crippen LogP contribution in [0.2, 0.25) is 0 Å². The summed E-state index contributed by atoms with van der Waals surface area (Å²) in [5.74, 6) is 0.275. The van der Waals surface area contributed by atoms with E-state index in [4.69, 9.17) is 0 Å². The number of aryl methyl sites for hydroxylation is 1. The Morgan fingerprint density at radius 3 is 2.74 bits per heavy atom. The van der Waals surface area contributed by atoms with E-state index in [9.17, 15) is 9.90 Å². The van der Waals surface area contributed by atoms with Crippen LogP contribution in [0.5, 0.6) is 5.75 Å². The third-order valence-corrected chi connectivity index (χ3v) is 6.94. The van der Waals surface area contributed by atoms with E-state index < -0.39 is 0 Å². The topological polar surface area (TPSA) is 52.6 Å². The van der Waals surface area contributed by atoms with Crippen molar-refractivity contribution in [1.29, 1.82) is 0 Å². The van der Waals surface area contributed by atoms with Crippen LogP contribution in [0.1, 0.15) is 36.0 Å². The minimum Gasteiger partial charge on any atom is -0.508 e. The number of benzene rings is 2. The summed E-state index contributed by atoms with van der Waals surface area (Å²) in [4.78, 5) is 15.0. The number of carbonyl (C=O) groups excluding carboxylic acids is 1. The molecule has 4 heteroatoms. The SMILES string of the molecule is O=C1Nc2cc(O)ccc2CC1CN1CCC2(CCc3ccccc32)CC1. The highest BCUT2D eigenvalue weighted by Crippen LogP contribution is 2.46. The van der Waals surface area contributed by atoms with E-state index >= 15 is 0 Å². The first-order chi connectivity index (χ1) is 13.1. The number of nitrogens with zero attached hydrogens (tertiary/aromatic N) is 1. The minimum absolute atomic E-state index is 0.00745. The van der Waals surface area contributed by atoms with Gasteiger partial charge in [-0.05, 0) is 73.4 Å². The zero-order valence-electron chi connectivity index (χ0n) is 15.6. The Morgan fingerprint density at radius 1 is 1.07 bits per heavy atom. The lowest BCUT2D eigenvalue weighted by molar-refractivity contribution is -0.121. The summed E-state index contributed by atoms with van der Waals surface area (Å²) >= 11 is 0. The van der Waals surface area contributed by atoms with Crippen molar-refractivity contribution in [2.45, 2.75) is 37.5 Å². The standard InChI is InChI=1S/C23H26N2O2/c26-19-6-5-17-13-18(22(27)24-21(17)14-19)15-25-11-9-23(10-12-25)8-7-16-3-1-2-4-20(16)23/h1-6,14,18,26H,7-13,15H2,(H,24,27). The Kier molecular flexibility index (Phi) is 3.97. The van der Waals surface area contributed by atoms with Crippen LogP contribution in [0.25, 0.3) is 0 Å². The summed E-state index contributed by atoms with van der Waals surface area (Å²) in [6.07, 6.45) is 5.64. The van der Waals surface area contributed by atoms with Crippen molar-refractivity contribution in [3.63, 3.8) is 0 Å². The molecule has 0 bridgehead atoms. The van der Waals surface area contributed by atoms with Gasteiger partial charge in [0.05, 0.1) is 5.92 Å². The number of amides is 1. The number of nitrogens with one attached hydrogen (secondary N) is 1. The summed E-state index contributed by atoms with van der Waals surface area (Å²) in [6, 6.07) is 14.2. The summed E-state index contributed by atoms with van der Waals surface area (Å²) in [7, 11) is 0. The third kappa shape index (κ3) is 2.92. The number of hydrogen-bond acceptors (Lipinski definition) is 3. The van der Waals surface area contributed by atoms with E-state index in [2.05, 4.69) is 34.5 Å². The normalized spacial score (nSPS) is 23.7. The van der Waals surface area contributed by atoms with Gasteiger partial charge in [-0.3, -0.25) is 4.79 Å². The molecule has 2 N–H and O–H groups in total. The van der Waals surface area contributed by atoms with E-state index in [1.807, 2.05) is 6.07 Å². The number of phenols is 1. The van der Waals surface area contributed by atoms with Gasteiger partial charge in [-0.25, -0.2) is 0 Å². The van der Waals surface area contributed by atoms with Crippen molar-refractivity contribution in [2.75, 3.05) is 25.0 Å². The van der Waals surface area contributed by atoms with Crippen LogP contribution < -0.4 is 5.32 Å². The van der Waals surface area contributed by atoms with Crippen LogP contribution in [0.4, 0.5) is 5.69 Å². The fraction of sp³-hybridized carbons (Fsp3) is 0.435. The number of fused-ring (bicyclic) bond motifs is 3. The molecular formula is C23H26N2O2. The summed E-state index contributed by atoms with van der Waals surface area (Å²) in [6.45, 7) is 2.96. The first kappa shape index (κ1) is 16.8. The lowest BCUT2D eigenvalue weighted by atomic mass is 9.73. The van der Waals surface area contributed by atoms with Gasteiger partial charge in [-0.2, -0.15) is 0 Å². The van der Waals surface area contributed by atoms with E-state index in [1.54, 1.807) is 17.7 Å². The summed E-state index contributed by atoms with van der Waals surface area (Å²) in [5, 5.41) is 12.6. The van der Waals surface area contributed by atoms with Crippen LogP contribution >= 0.6 is 0 Å². The van der Waals surface area contributed by atoms with Crippen LogP contribution in [-0.2, 0) is 23.1 Å². The predicted molar refractivity (Wildman–Crippen MR) is 106 cm³/mol. The Morgan fingerprint density at radius 2 is 1.89 bits per heavy atom. The number of piperidine rings is 1. The quantitative estimate of drug-likeness (QED) is 0.860. The molecule has 0 radical (unpaired) electrons. The summed E-state index contributed by atoms with van der Waals surface area (Å²) < 4.78 is 0. The molecule has 3 aliphatic rings. The number of carbonyl (C=O) groups is 1. The van der Waals surface area contributed by atoms with Gasteiger partial charge in [0.25, 0.3) is 0 Å². The highest BCUT2D eigenvalue weighted by molar-refractivity contribution is 5.96. The monoisotopic (exact) mass is 362 g/mol. The van der Waals surface area contributed by atoms with E-state index in [0.717, 1.165) is 37.3 Å². The molecule has 1 spiro atoms. The molecule has 1 atom stereocenters. The smallest absolute Gasteiger partial charge is 0.229 e. The lowest BCUT2D eigenvalue weighted by Crippen LogP contribution is -2.46. The van der Waals surface area contributed by atoms with Crippen LogP contribution in [-0.4, -0.2) is 35.5 Å². The molecular weight excluding hydrogens is 336 g/mol. The van der Waals surface area contributed by atoms with Crippen LogP contribution in [0, 0.1) is 5.92 Å². The zero-order valence-corrected chi connectivity index (χ0v) is 15.6. The predicted octanol–water partition coefficient (Wildman–Crippen LogP) is 3.48. The van der Waals surface area contributed by atoms with E-state index in [-0.39, 0.29) is 17.6 Å². The number of likely N-dealkylation sites (tertiary alicyclic amines) is 1. The van der Waals surface area contributed by atoms with Crippen LogP contribution in [0.3, 0.4) is 0 Å². The minimum atomic E-state index is -0.00745. The molecule has 0 aromatic heterocycles. The van der Waals surface area contributed by atoms with E-state index in [0.29, 0.717) is 5.41 Å². The van der Waals surface area contributed by atoms with Gasteiger partial charge in [0.1, 0.15) is 5.75 Å². The van der Waals surface area contributed by atoms with Crippen molar-refractivity contribution >= 4 is 11.6 Å². The largest absolute Gasteiger partial charge is 0.508 e. The number of hydrogen-bond donors (Lipinski definition) is 2. The van der Waals surface area contributed by atoms with Crippen molar-refractivity contribution in [3.8, 4) is 5.75 Å². The van der Waals surface area contributed by atoms with Crippen molar-refractivity contribution in [1.82, 2.24) is 4.90 Å². The zero-order chi connectivity index (χ0) is 18.4. The number of phenolic OH excluding ortho intramolecular Hbond substituents is 1. The Hall–Kier alpha value is -2.33. The molecule has 4 nitrogen and oxygen atoms in total. The molecule has 27 heavy (non-hydrogen) atoms. The molecule has 1 saturated heterocycles. The second-order valence-corrected chi connectivity index (χ2v) is 8.47. The molecule has 1 aliphatic carbocycles. The van der Waals surface area contributed by atoms with Gasteiger partial charge in [-0.1, -0.05) is 30.3 Å². The van der Waals surface area contributed by atoms with Crippen molar-refractivity contribution in [2.24, 2.45) is 5.92 Å². The molecule has 2 heterocycles. The second kappa shape index (κ2) is 6.38. The van der Waals surface area contributed by atoms with Gasteiger partial charge in [0.2, 0.25) is 5.91 Å². The average molecular weight is 362 g/mol. The maximum absolute atomic E-state index is 12.5. The van der Waals surface area contributed by atoms with Crippen molar-refractivity contribution in [3.05, 3.63) is 59.2 Å². The fourth-order valence-electron chi connectivity index (χ4n) is 5.36. The first-order valence-corrected chi connectivity index (χ1v) is 10.1. The van der Waals surface area contributed by atoms with E-state index in [1.165, 1.54) is 31.2 Å². The molecule has 2 aromatic rings. The van der Waals surface area contributed by atoms with Gasteiger partial charge in [0, 0.05) is 18.3 Å². The maximum Gasteiger partial charge on any atom is 0.229 e. The van der Waals surface area contributed by atoms with Gasteiger partial charge < -0.3 is 15.3 Å². The second-order valence-electron chi connectivity index (χ2n) is 8.47. The maximum atomic E-state index is 12.5. The number of aromatic hydroxyl groups is 1. The molecule has 5 rings (SSSR count). The molecule has 1 amide bonds. The summed E-state index contributed by atoms with van der Waals surface area (Å²) in [5.41, 5.74) is 5.37. The van der Waals surface area contributed by atoms with Crippen LogP contribution in [0.15, 0.2) is 42.5 Å². The molecule has 140 valence electrons. The molecule has 0 saturated carbocycles. The average Bonchev–Trinajstić information content (AvgIpc) is 3.03. The lowest BCUT2D eigenvalue weighted by Gasteiger charge is -2.41. The highest BCUT2D eigenvalue weighted by Gasteiger charge is 2.41. The molecule has 1 unspecified atom stereocenters. The van der Waals surface area contributed by atoms with Gasteiger partial charge >= 0.3 is 0 Å². The Labute approximate surface area is 160 Å². The number of rotatable bonds is 2. The van der Waals surface area contributed by atoms with Gasteiger partial charge in [-0.15, -0.1) is 0 Å². The molecule has 2 aromatic carbocycles. The molecule has 1 fully saturated rings. The first-order valence-electron chi connectivity index (χ1n) is 10.1. The number of anilines is 1. The Bertz CT molecular complexity index is 884. The fourth-order valence-corrected chi connectivity index (χ4v) is 5.36. The Balaban J connectivity index is 1.25. The third-order valence-electron chi connectivity index (χ3n) is 6.94. The van der Waals surface area contributed by atoms with Crippen molar-refractivity contribution < 1.29 is 9.90 Å².